The molecule has 20 heavy (non-hydrogen) atoms. The maximum absolute atomic E-state index is 5.48. The normalized spacial score (nSPS) is 15.3. The largest absolute Gasteiger partial charge is 0.313 e. The maximum atomic E-state index is 5.48. The first-order valence-corrected chi connectivity index (χ1v) is 7.96. The van der Waals surface area contributed by atoms with E-state index in [2.05, 4.69) is 62.3 Å². The minimum atomic E-state index is 0.475. The van der Waals surface area contributed by atoms with E-state index in [0.29, 0.717) is 17.9 Å². The van der Waals surface area contributed by atoms with Crippen LogP contribution in [0, 0.1) is 18.3 Å². The van der Waals surface area contributed by atoms with Gasteiger partial charge in [0.15, 0.2) is 0 Å². The molecule has 110 valence electrons. The molecule has 0 saturated heterocycles. The lowest BCUT2D eigenvalue weighted by molar-refractivity contribution is 0.323. The van der Waals surface area contributed by atoms with Gasteiger partial charge < -0.3 is 5.32 Å². The van der Waals surface area contributed by atoms with Gasteiger partial charge in [0.25, 0.3) is 0 Å². The summed E-state index contributed by atoms with van der Waals surface area (Å²) >= 11 is 0. The second-order valence-electron chi connectivity index (χ2n) is 5.63. The van der Waals surface area contributed by atoms with Gasteiger partial charge >= 0.3 is 0 Å². The second kappa shape index (κ2) is 9.61. The zero-order chi connectivity index (χ0) is 14.8. The van der Waals surface area contributed by atoms with Gasteiger partial charge in [-0.05, 0) is 30.9 Å². The van der Waals surface area contributed by atoms with Crippen LogP contribution in [0.15, 0.2) is 30.3 Å². The van der Waals surface area contributed by atoms with Crippen LogP contribution >= 0.6 is 0 Å². The van der Waals surface area contributed by atoms with Crippen molar-refractivity contribution in [1.29, 1.82) is 0 Å². The third-order valence-corrected chi connectivity index (χ3v) is 4.13. The highest BCUT2D eigenvalue weighted by atomic mass is 14.9. The van der Waals surface area contributed by atoms with Gasteiger partial charge in [0, 0.05) is 18.4 Å². The third kappa shape index (κ3) is 5.02. The summed E-state index contributed by atoms with van der Waals surface area (Å²) in [6.45, 7) is 7.91. The van der Waals surface area contributed by atoms with E-state index in [9.17, 15) is 0 Å². The molecule has 0 fully saturated rings. The summed E-state index contributed by atoms with van der Waals surface area (Å²) in [5, 5.41) is 3.72. The number of hydrogen-bond donors (Lipinski definition) is 1. The number of rotatable bonds is 9. The highest BCUT2D eigenvalue weighted by molar-refractivity contribution is 5.22. The van der Waals surface area contributed by atoms with Gasteiger partial charge in [-0.3, -0.25) is 0 Å². The minimum Gasteiger partial charge on any atom is -0.313 e. The Kier molecular flexibility index (Phi) is 8.07. The van der Waals surface area contributed by atoms with Crippen LogP contribution in [-0.4, -0.2) is 12.6 Å². The van der Waals surface area contributed by atoms with Crippen molar-refractivity contribution in [3.8, 4) is 12.3 Å². The molecular weight excluding hydrogens is 242 g/mol. The number of benzene rings is 1. The SMILES string of the molecule is C#CCCC(NCCC)C(c1ccccc1)C(C)CC. The summed E-state index contributed by atoms with van der Waals surface area (Å²) in [6, 6.07) is 11.4. The molecule has 1 N–H and O–H groups in total. The van der Waals surface area contributed by atoms with E-state index in [1.165, 1.54) is 12.0 Å². The Bertz CT molecular complexity index is 390. The summed E-state index contributed by atoms with van der Waals surface area (Å²) in [7, 11) is 0. The van der Waals surface area contributed by atoms with Gasteiger partial charge in [-0.25, -0.2) is 0 Å². The van der Waals surface area contributed by atoms with Crippen molar-refractivity contribution in [2.45, 2.75) is 58.4 Å². The predicted molar refractivity (Wildman–Crippen MR) is 88.8 cm³/mol. The first-order valence-electron chi connectivity index (χ1n) is 7.96. The molecule has 0 spiro atoms. The molecule has 0 amide bonds. The summed E-state index contributed by atoms with van der Waals surface area (Å²) in [5.41, 5.74) is 1.44. The summed E-state index contributed by atoms with van der Waals surface area (Å²) < 4.78 is 0. The monoisotopic (exact) mass is 271 g/mol. The molecule has 1 aromatic carbocycles. The molecule has 3 atom stereocenters. The first kappa shape index (κ1) is 16.8. The molecule has 3 unspecified atom stereocenters. The fraction of sp³-hybridized carbons (Fsp3) is 0.579. The zero-order valence-electron chi connectivity index (χ0n) is 13.2. The van der Waals surface area contributed by atoms with Crippen molar-refractivity contribution in [2.75, 3.05) is 6.54 Å². The van der Waals surface area contributed by atoms with Crippen LogP contribution < -0.4 is 5.32 Å². The van der Waals surface area contributed by atoms with Crippen molar-refractivity contribution < 1.29 is 0 Å². The van der Waals surface area contributed by atoms with Gasteiger partial charge in [-0.1, -0.05) is 57.5 Å². The second-order valence-corrected chi connectivity index (χ2v) is 5.63. The third-order valence-electron chi connectivity index (χ3n) is 4.13. The molecule has 1 rings (SSSR count). The lowest BCUT2D eigenvalue weighted by Gasteiger charge is -2.32. The lowest BCUT2D eigenvalue weighted by Crippen LogP contribution is -2.38. The van der Waals surface area contributed by atoms with Gasteiger partial charge in [-0.2, -0.15) is 0 Å². The quantitative estimate of drug-likeness (QED) is 0.647. The van der Waals surface area contributed by atoms with Crippen LogP contribution in [0.2, 0.25) is 0 Å². The molecule has 0 heterocycles. The van der Waals surface area contributed by atoms with Crippen molar-refractivity contribution in [1.82, 2.24) is 5.32 Å². The molecule has 0 saturated carbocycles. The van der Waals surface area contributed by atoms with Gasteiger partial charge in [-0.15, -0.1) is 12.3 Å². The Morgan fingerprint density at radius 1 is 1.20 bits per heavy atom. The van der Waals surface area contributed by atoms with E-state index >= 15 is 0 Å². The number of nitrogens with one attached hydrogen (secondary N) is 1. The first-order chi connectivity index (χ1) is 9.74. The molecule has 1 aromatic rings. The van der Waals surface area contributed by atoms with Crippen molar-refractivity contribution in [3.05, 3.63) is 35.9 Å². The van der Waals surface area contributed by atoms with Crippen LogP contribution in [0.5, 0.6) is 0 Å². The Labute approximate surface area is 125 Å². The molecule has 0 aromatic heterocycles. The molecule has 0 aliphatic carbocycles. The fourth-order valence-corrected chi connectivity index (χ4v) is 2.86. The van der Waals surface area contributed by atoms with Crippen molar-refractivity contribution >= 4 is 0 Å². The molecule has 1 nitrogen and oxygen atoms in total. The molecular formula is C19H29N. The van der Waals surface area contributed by atoms with Gasteiger partial charge in [0.05, 0.1) is 0 Å². The van der Waals surface area contributed by atoms with E-state index in [4.69, 9.17) is 6.42 Å². The molecule has 0 radical (unpaired) electrons. The highest BCUT2D eigenvalue weighted by Crippen LogP contribution is 2.32. The number of terminal acetylenes is 1. The van der Waals surface area contributed by atoms with Crippen LogP contribution in [0.3, 0.4) is 0 Å². The van der Waals surface area contributed by atoms with E-state index < -0.39 is 0 Å². The summed E-state index contributed by atoms with van der Waals surface area (Å²) in [6.07, 6.45) is 9.74. The van der Waals surface area contributed by atoms with E-state index in [1.807, 2.05) is 0 Å². The topological polar surface area (TPSA) is 12.0 Å². The van der Waals surface area contributed by atoms with E-state index in [1.54, 1.807) is 0 Å². The minimum absolute atomic E-state index is 0.475. The molecule has 1 heteroatoms. The Hall–Kier alpha value is -1.26. The van der Waals surface area contributed by atoms with Gasteiger partial charge in [0.2, 0.25) is 0 Å². The summed E-state index contributed by atoms with van der Waals surface area (Å²) in [4.78, 5) is 0. The van der Waals surface area contributed by atoms with E-state index in [0.717, 1.165) is 25.8 Å². The number of hydrogen-bond acceptors (Lipinski definition) is 1. The Morgan fingerprint density at radius 3 is 2.45 bits per heavy atom. The average Bonchev–Trinajstić information content (AvgIpc) is 2.50. The smallest absolute Gasteiger partial charge is 0.0147 e. The molecule has 0 aliphatic heterocycles. The van der Waals surface area contributed by atoms with Crippen LogP contribution in [-0.2, 0) is 0 Å². The average molecular weight is 271 g/mol. The van der Waals surface area contributed by atoms with Crippen molar-refractivity contribution in [2.24, 2.45) is 5.92 Å². The maximum Gasteiger partial charge on any atom is 0.0147 e. The Morgan fingerprint density at radius 2 is 1.90 bits per heavy atom. The Balaban J connectivity index is 2.94. The molecule has 0 aliphatic rings. The fourth-order valence-electron chi connectivity index (χ4n) is 2.86. The van der Waals surface area contributed by atoms with Crippen LogP contribution in [0.1, 0.15) is 57.9 Å². The van der Waals surface area contributed by atoms with Gasteiger partial charge in [0.1, 0.15) is 0 Å². The zero-order valence-corrected chi connectivity index (χ0v) is 13.2. The highest BCUT2D eigenvalue weighted by Gasteiger charge is 2.26. The predicted octanol–water partition coefficient (Wildman–Crippen LogP) is 4.60. The van der Waals surface area contributed by atoms with E-state index in [-0.39, 0.29) is 0 Å². The summed E-state index contributed by atoms with van der Waals surface area (Å²) in [5.74, 6) is 4.00. The standard InChI is InChI=1S/C19H29N/c1-5-8-14-18(20-15-6-2)19(16(4)7-3)17-12-10-9-11-13-17/h1,9-13,16,18-20H,6-8,14-15H2,2-4H3. The van der Waals surface area contributed by atoms with Crippen molar-refractivity contribution in [3.63, 3.8) is 0 Å². The lowest BCUT2D eigenvalue weighted by atomic mass is 9.78. The van der Waals surface area contributed by atoms with Crippen LogP contribution in [0.25, 0.3) is 0 Å². The van der Waals surface area contributed by atoms with Crippen LogP contribution in [0.4, 0.5) is 0 Å². The molecule has 0 bridgehead atoms.